The molecule has 1 aromatic carbocycles. The predicted octanol–water partition coefficient (Wildman–Crippen LogP) is 1.35. The number of nitrogens with one attached hydrogen (secondary N) is 1. The monoisotopic (exact) mass is 315 g/mol. The second kappa shape index (κ2) is 7.13. The summed E-state index contributed by atoms with van der Waals surface area (Å²) < 4.78 is 0. The number of carbonyl (C=O) groups excluding carboxylic acids is 2. The quantitative estimate of drug-likeness (QED) is 0.861. The van der Waals surface area contributed by atoms with E-state index in [1.54, 1.807) is 0 Å². The molecule has 0 radical (unpaired) electrons. The Kier molecular flexibility index (Phi) is 4.96. The van der Waals surface area contributed by atoms with Crippen molar-refractivity contribution < 1.29 is 9.59 Å². The SMILES string of the molecule is NC(=O)[C@@H]1Cc2ccccc2CN1CCC(=O)NC1CCCC1. The Morgan fingerprint density at radius 1 is 1.17 bits per heavy atom. The van der Waals surface area contributed by atoms with Crippen LogP contribution in [0.25, 0.3) is 0 Å². The fraction of sp³-hybridized carbons (Fsp3) is 0.556. The normalized spacial score (nSPS) is 21.8. The van der Waals surface area contributed by atoms with Gasteiger partial charge in [-0.3, -0.25) is 14.5 Å². The molecule has 2 aliphatic rings. The highest BCUT2D eigenvalue weighted by atomic mass is 16.2. The zero-order valence-electron chi connectivity index (χ0n) is 13.5. The lowest BCUT2D eigenvalue weighted by atomic mass is 9.93. The van der Waals surface area contributed by atoms with E-state index in [0.717, 1.165) is 12.8 Å². The van der Waals surface area contributed by atoms with Gasteiger partial charge in [-0.1, -0.05) is 37.1 Å². The molecule has 1 aliphatic heterocycles. The summed E-state index contributed by atoms with van der Waals surface area (Å²) in [5.41, 5.74) is 7.98. The van der Waals surface area contributed by atoms with Crippen LogP contribution in [-0.4, -0.2) is 35.3 Å². The summed E-state index contributed by atoms with van der Waals surface area (Å²) in [6.45, 7) is 1.25. The van der Waals surface area contributed by atoms with Gasteiger partial charge in [0.05, 0.1) is 6.04 Å². The summed E-state index contributed by atoms with van der Waals surface area (Å²) in [6, 6.07) is 8.16. The van der Waals surface area contributed by atoms with Crippen molar-refractivity contribution in [3.63, 3.8) is 0 Å². The minimum Gasteiger partial charge on any atom is -0.368 e. The first-order valence-corrected chi connectivity index (χ1v) is 8.53. The van der Waals surface area contributed by atoms with Crippen molar-refractivity contribution in [2.45, 2.75) is 57.2 Å². The van der Waals surface area contributed by atoms with E-state index in [1.807, 2.05) is 17.0 Å². The van der Waals surface area contributed by atoms with E-state index in [0.29, 0.717) is 32.0 Å². The van der Waals surface area contributed by atoms with Crippen LogP contribution < -0.4 is 11.1 Å². The maximum Gasteiger partial charge on any atom is 0.235 e. The first kappa shape index (κ1) is 16.0. The van der Waals surface area contributed by atoms with Gasteiger partial charge >= 0.3 is 0 Å². The predicted molar refractivity (Wildman–Crippen MR) is 88.6 cm³/mol. The van der Waals surface area contributed by atoms with Crippen molar-refractivity contribution in [2.75, 3.05) is 6.54 Å². The third-order valence-corrected chi connectivity index (χ3v) is 5.02. The molecular formula is C18H25N3O2. The van der Waals surface area contributed by atoms with Gasteiger partial charge in [-0.25, -0.2) is 0 Å². The minimum absolute atomic E-state index is 0.0824. The van der Waals surface area contributed by atoms with E-state index in [9.17, 15) is 9.59 Å². The average Bonchev–Trinajstić information content (AvgIpc) is 3.04. The van der Waals surface area contributed by atoms with E-state index >= 15 is 0 Å². The van der Waals surface area contributed by atoms with E-state index in [4.69, 9.17) is 5.73 Å². The molecule has 0 spiro atoms. The highest BCUT2D eigenvalue weighted by molar-refractivity contribution is 5.81. The molecule has 0 aromatic heterocycles. The van der Waals surface area contributed by atoms with Gasteiger partial charge in [0.1, 0.15) is 0 Å². The summed E-state index contributed by atoms with van der Waals surface area (Å²) in [5.74, 6) is -0.227. The summed E-state index contributed by atoms with van der Waals surface area (Å²) in [6.07, 6.45) is 5.65. The van der Waals surface area contributed by atoms with Crippen LogP contribution in [0.5, 0.6) is 0 Å². The fourth-order valence-electron chi connectivity index (χ4n) is 3.71. The van der Waals surface area contributed by atoms with E-state index < -0.39 is 0 Å². The molecule has 124 valence electrons. The lowest BCUT2D eigenvalue weighted by Gasteiger charge is -2.35. The van der Waals surface area contributed by atoms with Gasteiger partial charge < -0.3 is 11.1 Å². The number of primary amides is 1. The first-order valence-electron chi connectivity index (χ1n) is 8.53. The van der Waals surface area contributed by atoms with Gasteiger partial charge in [0, 0.05) is 25.6 Å². The van der Waals surface area contributed by atoms with Crippen LogP contribution in [0.15, 0.2) is 24.3 Å². The van der Waals surface area contributed by atoms with Crippen molar-refractivity contribution in [3.05, 3.63) is 35.4 Å². The molecule has 5 nitrogen and oxygen atoms in total. The van der Waals surface area contributed by atoms with Crippen LogP contribution in [0.1, 0.15) is 43.2 Å². The lowest BCUT2D eigenvalue weighted by Crippen LogP contribution is -2.49. The second-order valence-corrected chi connectivity index (χ2v) is 6.66. The summed E-state index contributed by atoms with van der Waals surface area (Å²) in [5, 5.41) is 3.10. The Bertz CT molecular complexity index is 581. The van der Waals surface area contributed by atoms with Crippen LogP contribution in [0, 0.1) is 0 Å². The Hall–Kier alpha value is -1.88. The Balaban J connectivity index is 1.59. The van der Waals surface area contributed by atoms with Crippen molar-refractivity contribution in [2.24, 2.45) is 5.73 Å². The Morgan fingerprint density at radius 2 is 1.87 bits per heavy atom. The van der Waals surface area contributed by atoms with Crippen LogP contribution in [-0.2, 0) is 22.6 Å². The van der Waals surface area contributed by atoms with Crippen LogP contribution in [0.2, 0.25) is 0 Å². The average molecular weight is 315 g/mol. The number of benzene rings is 1. The topological polar surface area (TPSA) is 75.4 Å². The number of nitrogens with two attached hydrogens (primary N) is 1. The van der Waals surface area contributed by atoms with E-state index in [-0.39, 0.29) is 17.9 Å². The Labute approximate surface area is 137 Å². The van der Waals surface area contributed by atoms with E-state index in [2.05, 4.69) is 17.4 Å². The summed E-state index contributed by atoms with van der Waals surface area (Å²) >= 11 is 0. The van der Waals surface area contributed by atoms with Crippen molar-refractivity contribution in [1.82, 2.24) is 10.2 Å². The zero-order valence-corrected chi connectivity index (χ0v) is 13.5. The molecule has 1 atom stereocenters. The van der Waals surface area contributed by atoms with Gasteiger partial charge in [-0.15, -0.1) is 0 Å². The zero-order chi connectivity index (χ0) is 16.2. The van der Waals surface area contributed by atoms with Gasteiger partial charge in [0.25, 0.3) is 0 Å². The Morgan fingerprint density at radius 3 is 2.57 bits per heavy atom. The van der Waals surface area contributed by atoms with E-state index in [1.165, 1.54) is 24.0 Å². The van der Waals surface area contributed by atoms with Crippen molar-refractivity contribution >= 4 is 11.8 Å². The molecule has 0 saturated heterocycles. The lowest BCUT2D eigenvalue weighted by molar-refractivity contribution is -0.126. The number of hydrogen-bond donors (Lipinski definition) is 2. The summed E-state index contributed by atoms with van der Waals surface area (Å²) in [4.78, 5) is 25.9. The number of nitrogens with zero attached hydrogens (tertiary/aromatic N) is 1. The molecule has 3 rings (SSSR count). The van der Waals surface area contributed by atoms with Gasteiger partial charge in [-0.2, -0.15) is 0 Å². The standard InChI is InChI=1S/C18H25N3O2/c19-18(23)16-11-13-5-1-2-6-14(13)12-21(16)10-9-17(22)20-15-7-3-4-8-15/h1-2,5-6,15-16H,3-4,7-12H2,(H2,19,23)(H,20,22)/t16-/m0/s1. The third kappa shape index (κ3) is 3.91. The molecule has 0 unspecified atom stereocenters. The number of carbonyl (C=O) groups is 2. The summed E-state index contributed by atoms with van der Waals surface area (Å²) in [7, 11) is 0. The first-order chi connectivity index (χ1) is 11.1. The molecular weight excluding hydrogens is 290 g/mol. The molecule has 2 amide bonds. The molecule has 1 aromatic rings. The van der Waals surface area contributed by atoms with Gasteiger partial charge in [0.2, 0.25) is 11.8 Å². The number of amides is 2. The molecule has 0 bridgehead atoms. The molecule has 1 heterocycles. The van der Waals surface area contributed by atoms with Crippen LogP contribution >= 0.6 is 0 Å². The van der Waals surface area contributed by atoms with Crippen LogP contribution in [0.3, 0.4) is 0 Å². The second-order valence-electron chi connectivity index (χ2n) is 6.66. The maximum absolute atomic E-state index is 12.1. The van der Waals surface area contributed by atoms with Crippen molar-refractivity contribution in [3.8, 4) is 0 Å². The maximum atomic E-state index is 12.1. The fourth-order valence-corrected chi connectivity index (χ4v) is 3.71. The highest BCUT2D eigenvalue weighted by Crippen LogP contribution is 2.23. The molecule has 1 fully saturated rings. The molecule has 23 heavy (non-hydrogen) atoms. The van der Waals surface area contributed by atoms with Crippen molar-refractivity contribution in [1.29, 1.82) is 0 Å². The number of fused-ring (bicyclic) bond motifs is 1. The minimum atomic E-state index is -0.316. The number of rotatable bonds is 5. The van der Waals surface area contributed by atoms with Crippen LogP contribution in [0.4, 0.5) is 0 Å². The molecule has 3 N–H and O–H groups in total. The third-order valence-electron chi connectivity index (χ3n) is 5.02. The van der Waals surface area contributed by atoms with Gasteiger partial charge in [-0.05, 0) is 30.4 Å². The smallest absolute Gasteiger partial charge is 0.235 e. The molecule has 5 heteroatoms. The molecule has 1 aliphatic carbocycles. The highest BCUT2D eigenvalue weighted by Gasteiger charge is 2.30. The number of hydrogen-bond acceptors (Lipinski definition) is 3. The largest absolute Gasteiger partial charge is 0.368 e. The molecule has 1 saturated carbocycles. The van der Waals surface area contributed by atoms with Gasteiger partial charge in [0.15, 0.2) is 0 Å².